The fourth-order valence-electron chi connectivity index (χ4n) is 3.00. The first kappa shape index (κ1) is 14.3. The Labute approximate surface area is 127 Å². The Kier molecular flexibility index (Phi) is 3.85. The SMILES string of the molecule is CSC1=NC2=C(C(=O)CCC2)C(c2ccc(F)cc2)N1C. The summed E-state index contributed by atoms with van der Waals surface area (Å²) in [6.07, 6.45) is 4.26. The second-order valence-corrected chi connectivity index (χ2v) is 6.07. The van der Waals surface area contributed by atoms with Gasteiger partial charge in [0.15, 0.2) is 11.0 Å². The number of rotatable bonds is 1. The molecule has 1 atom stereocenters. The highest BCUT2D eigenvalue weighted by Crippen LogP contribution is 2.40. The number of carbonyl (C=O) groups is 1. The van der Waals surface area contributed by atoms with Gasteiger partial charge in [-0.2, -0.15) is 0 Å². The molecule has 21 heavy (non-hydrogen) atoms. The van der Waals surface area contributed by atoms with E-state index in [1.165, 1.54) is 12.1 Å². The fraction of sp³-hybridized carbons (Fsp3) is 0.375. The van der Waals surface area contributed by atoms with Crippen LogP contribution >= 0.6 is 11.8 Å². The summed E-state index contributed by atoms with van der Waals surface area (Å²) in [6, 6.07) is 6.24. The molecule has 0 radical (unpaired) electrons. The highest BCUT2D eigenvalue weighted by molar-refractivity contribution is 8.13. The van der Waals surface area contributed by atoms with Gasteiger partial charge in [0.05, 0.1) is 11.7 Å². The molecule has 1 aromatic carbocycles. The Morgan fingerprint density at radius 1 is 1.29 bits per heavy atom. The van der Waals surface area contributed by atoms with E-state index < -0.39 is 0 Å². The molecule has 1 unspecified atom stereocenters. The lowest BCUT2D eigenvalue weighted by Crippen LogP contribution is -2.37. The number of hydrogen-bond donors (Lipinski definition) is 0. The molecule has 2 aliphatic rings. The lowest BCUT2D eigenvalue weighted by atomic mass is 9.85. The first-order valence-corrected chi connectivity index (χ1v) is 8.21. The van der Waals surface area contributed by atoms with Crippen LogP contribution in [0.15, 0.2) is 40.5 Å². The summed E-state index contributed by atoms with van der Waals surface area (Å²) in [5.41, 5.74) is 2.62. The van der Waals surface area contributed by atoms with Crippen molar-refractivity contribution in [1.82, 2.24) is 4.90 Å². The number of Topliss-reactive ketones (excluding diaryl/α,β-unsaturated/α-hetero) is 1. The number of halogens is 1. The van der Waals surface area contributed by atoms with Gasteiger partial charge in [-0.1, -0.05) is 23.9 Å². The van der Waals surface area contributed by atoms with Crippen LogP contribution in [-0.2, 0) is 4.79 Å². The number of likely N-dealkylation sites (N-methyl/N-ethyl adjacent to an activating group) is 1. The van der Waals surface area contributed by atoms with E-state index in [1.54, 1.807) is 23.9 Å². The van der Waals surface area contributed by atoms with Gasteiger partial charge in [0.25, 0.3) is 0 Å². The number of benzene rings is 1. The van der Waals surface area contributed by atoms with E-state index in [1.807, 2.05) is 18.2 Å². The van der Waals surface area contributed by atoms with Crippen LogP contribution in [0.3, 0.4) is 0 Å². The minimum absolute atomic E-state index is 0.159. The van der Waals surface area contributed by atoms with Gasteiger partial charge in [-0.15, -0.1) is 0 Å². The normalized spacial score (nSPS) is 22.2. The largest absolute Gasteiger partial charge is 0.343 e. The number of allylic oxidation sites excluding steroid dienone is 1. The van der Waals surface area contributed by atoms with Crippen LogP contribution in [0, 0.1) is 5.82 Å². The van der Waals surface area contributed by atoms with Crippen LogP contribution in [0.1, 0.15) is 30.9 Å². The molecule has 1 heterocycles. The first-order chi connectivity index (χ1) is 10.1. The van der Waals surface area contributed by atoms with Crippen molar-refractivity contribution in [3.05, 3.63) is 46.9 Å². The van der Waals surface area contributed by atoms with Crippen LogP contribution in [0.4, 0.5) is 4.39 Å². The van der Waals surface area contributed by atoms with Gasteiger partial charge < -0.3 is 4.90 Å². The molecule has 0 saturated heterocycles. The Hall–Kier alpha value is -1.62. The third-order valence-electron chi connectivity index (χ3n) is 3.99. The average Bonchev–Trinajstić information content (AvgIpc) is 2.49. The molecule has 3 rings (SSSR count). The summed E-state index contributed by atoms with van der Waals surface area (Å²) in [5, 5.41) is 0.901. The van der Waals surface area contributed by atoms with E-state index in [9.17, 15) is 9.18 Å². The van der Waals surface area contributed by atoms with Gasteiger partial charge in [0, 0.05) is 19.0 Å². The maximum Gasteiger partial charge on any atom is 0.164 e. The smallest absolute Gasteiger partial charge is 0.164 e. The third-order valence-corrected chi connectivity index (χ3v) is 4.73. The number of amidine groups is 1. The third kappa shape index (κ3) is 2.50. The summed E-state index contributed by atoms with van der Waals surface area (Å²) < 4.78 is 13.2. The molecular formula is C16H17FN2OS. The molecule has 0 amide bonds. The van der Waals surface area contributed by atoms with E-state index >= 15 is 0 Å². The Morgan fingerprint density at radius 3 is 2.67 bits per heavy atom. The topological polar surface area (TPSA) is 32.7 Å². The number of carbonyl (C=O) groups excluding carboxylic acids is 1. The Bertz CT molecular complexity index is 636. The molecule has 0 saturated carbocycles. The summed E-state index contributed by atoms with van der Waals surface area (Å²) in [6.45, 7) is 0. The van der Waals surface area contributed by atoms with Crippen LogP contribution in [0.5, 0.6) is 0 Å². The average molecular weight is 304 g/mol. The lowest BCUT2D eigenvalue weighted by molar-refractivity contribution is -0.116. The minimum Gasteiger partial charge on any atom is -0.343 e. The van der Waals surface area contributed by atoms with Crippen molar-refractivity contribution in [3.63, 3.8) is 0 Å². The molecule has 0 aromatic heterocycles. The molecule has 0 fully saturated rings. The maximum absolute atomic E-state index is 13.2. The molecule has 0 N–H and O–H groups in total. The molecule has 0 spiro atoms. The zero-order valence-electron chi connectivity index (χ0n) is 12.1. The van der Waals surface area contributed by atoms with Gasteiger partial charge in [-0.25, -0.2) is 9.38 Å². The minimum atomic E-state index is -0.264. The monoisotopic (exact) mass is 304 g/mol. The summed E-state index contributed by atoms with van der Waals surface area (Å²) >= 11 is 1.57. The zero-order chi connectivity index (χ0) is 15.0. The second-order valence-electron chi connectivity index (χ2n) is 5.30. The van der Waals surface area contributed by atoms with Crippen molar-refractivity contribution >= 4 is 22.7 Å². The maximum atomic E-state index is 13.2. The van der Waals surface area contributed by atoms with Gasteiger partial charge in [-0.3, -0.25) is 4.79 Å². The van der Waals surface area contributed by atoms with Crippen LogP contribution in [0.2, 0.25) is 0 Å². The van der Waals surface area contributed by atoms with Crippen LogP contribution < -0.4 is 0 Å². The predicted octanol–water partition coefficient (Wildman–Crippen LogP) is 3.54. The van der Waals surface area contributed by atoms with E-state index in [4.69, 9.17) is 0 Å². The van der Waals surface area contributed by atoms with Gasteiger partial charge >= 0.3 is 0 Å². The van der Waals surface area contributed by atoms with Gasteiger partial charge in [-0.05, 0) is 36.8 Å². The van der Waals surface area contributed by atoms with E-state index in [-0.39, 0.29) is 17.6 Å². The molecule has 1 aliphatic heterocycles. The molecular weight excluding hydrogens is 287 g/mol. The number of nitrogens with zero attached hydrogens (tertiary/aromatic N) is 2. The van der Waals surface area contributed by atoms with Crippen molar-refractivity contribution in [2.45, 2.75) is 25.3 Å². The Morgan fingerprint density at radius 2 is 2.00 bits per heavy atom. The molecule has 5 heteroatoms. The molecule has 110 valence electrons. The van der Waals surface area contributed by atoms with Gasteiger partial charge in [0.1, 0.15) is 5.82 Å². The zero-order valence-corrected chi connectivity index (χ0v) is 12.9. The summed E-state index contributed by atoms with van der Waals surface area (Å²) in [7, 11) is 1.94. The molecule has 1 aromatic rings. The van der Waals surface area contributed by atoms with Crippen molar-refractivity contribution in [3.8, 4) is 0 Å². The number of aliphatic imine (C=N–C) groups is 1. The number of ketones is 1. The van der Waals surface area contributed by atoms with E-state index in [2.05, 4.69) is 4.99 Å². The van der Waals surface area contributed by atoms with Gasteiger partial charge in [0.2, 0.25) is 0 Å². The highest BCUT2D eigenvalue weighted by atomic mass is 32.2. The standard InChI is InChI=1S/C16H17FN2OS/c1-19-15(10-6-8-11(17)9-7-10)14-12(18-16(19)21-2)4-3-5-13(14)20/h6-9,15H,3-5H2,1-2H3. The predicted molar refractivity (Wildman–Crippen MR) is 83.7 cm³/mol. The number of thioether (sulfide) groups is 1. The van der Waals surface area contributed by atoms with Crippen molar-refractivity contribution < 1.29 is 9.18 Å². The summed E-state index contributed by atoms with van der Waals surface area (Å²) in [5.74, 6) is -0.0959. The Balaban J connectivity index is 2.12. The molecule has 3 nitrogen and oxygen atoms in total. The van der Waals surface area contributed by atoms with E-state index in [0.29, 0.717) is 6.42 Å². The number of hydrogen-bond acceptors (Lipinski definition) is 4. The fourth-order valence-corrected chi connectivity index (χ4v) is 3.59. The molecule has 1 aliphatic carbocycles. The second kappa shape index (κ2) is 5.64. The molecule has 0 bridgehead atoms. The van der Waals surface area contributed by atoms with Crippen LogP contribution in [0.25, 0.3) is 0 Å². The summed E-state index contributed by atoms with van der Waals surface area (Å²) in [4.78, 5) is 19.0. The highest BCUT2D eigenvalue weighted by Gasteiger charge is 2.36. The van der Waals surface area contributed by atoms with Crippen LogP contribution in [-0.4, -0.2) is 29.2 Å². The van der Waals surface area contributed by atoms with E-state index in [0.717, 1.165) is 34.8 Å². The lowest BCUT2D eigenvalue weighted by Gasteiger charge is -2.37. The van der Waals surface area contributed by atoms with Crippen molar-refractivity contribution in [2.24, 2.45) is 4.99 Å². The quantitative estimate of drug-likeness (QED) is 0.795. The van der Waals surface area contributed by atoms with Crippen molar-refractivity contribution in [2.75, 3.05) is 13.3 Å². The van der Waals surface area contributed by atoms with Crippen molar-refractivity contribution in [1.29, 1.82) is 0 Å². The first-order valence-electron chi connectivity index (χ1n) is 6.99.